The van der Waals surface area contributed by atoms with E-state index in [4.69, 9.17) is 5.73 Å². The molecule has 2 unspecified atom stereocenters. The summed E-state index contributed by atoms with van der Waals surface area (Å²) in [7, 11) is 0. The second-order valence-electron chi connectivity index (χ2n) is 8.00. The van der Waals surface area contributed by atoms with E-state index in [1.165, 1.54) is 60.4 Å². The molecule has 4 heteroatoms. The van der Waals surface area contributed by atoms with Crippen molar-refractivity contribution in [3.8, 4) is 0 Å². The Morgan fingerprint density at radius 1 is 1.04 bits per heavy atom. The minimum Gasteiger partial charge on any atom is -0.315 e. The van der Waals surface area contributed by atoms with Crippen LogP contribution in [0.4, 0.5) is 11.4 Å². The molecule has 0 amide bonds. The largest absolute Gasteiger partial charge is 0.315 e. The number of para-hydroxylation sites is 2. The number of hydrogen-bond acceptors (Lipinski definition) is 4. The number of thioether (sulfide) groups is 1. The van der Waals surface area contributed by atoms with Gasteiger partial charge in [-0.25, -0.2) is 0 Å². The lowest BCUT2D eigenvalue weighted by molar-refractivity contribution is 0.304. The Kier molecular flexibility index (Phi) is 6.06. The highest BCUT2D eigenvalue weighted by Gasteiger charge is 2.29. The van der Waals surface area contributed by atoms with Crippen LogP contribution in [0.15, 0.2) is 53.4 Å². The maximum absolute atomic E-state index is 6.48. The Balaban J connectivity index is 1.45. The highest BCUT2D eigenvalue weighted by Crippen LogP contribution is 2.46. The summed E-state index contributed by atoms with van der Waals surface area (Å²) in [4.78, 5) is 3.54. The van der Waals surface area contributed by atoms with Crippen LogP contribution >= 0.6 is 11.8 Å². The van der Waals surface area contributed by atoms with Crippen molar-refractivity contribution in [1.29, 1.82) is 0 Å². The van der Waals surface area contributed by atoms with Gasteiger partial charge in [0.05, 0.1) is 5.69 Å². The molecule has 2 aliphatic rings. The van der Waals surface area contributed by atoms with Crippen molar-refractivity contribution in [2.45, 2.75) is 68.4 Å². The molecular weight excluding hydrogens is 350 g/mol. The standard InChI is InChI=1S/C23H31N3S/c1-17(15-18-9-3-2-4-10-18)25-16-19-11-5-6-12-20(19)26-21-13-7-8-14-22(21)27-23(26)24/h5-8,11-14,17-18,23,25H,2-4,9-10,15-16,24H2,1H3. The van der Waals surface area contributed by atoms with Crippen molar-refractivity contribution in [2.24, 2.45) is 11.7 Å². The van der Waals surface area contributed by atoms with Gasteiger partial charge in [0.1, 0.15) is 5.50 Å². The molecule has 0 saturated heterocycles. The van der Waals surface area contributed by atoms with Gasteiger partial charge in [0.25, 0.3) is 0 Å². The molecule has 2 aromatic rings. The Hall–Kier alpha value is -1.49. The Bertz CT molecular complexity index is 757. The highest BCUT2D eigenvalue weighted by molar-refractivity contribution is 8.00. The molecule has 0 aromatic heterocycles. The molecule has 4 rings (SSSR count). The zero-order valence-electron chi connectivity index (χ0n) is 16.2. The maximum Gasteiger partial charge on any atom is 0.134 e. The lowest BCUT2D eigenvalue weighted by Crippen LogP contribution is -2.34. The van der Waals surface area contributed by atoms with Gasteiger partial charge in [0.15, 0.2) is 0 Å². The molecule has 27 heavy (non-hydrogen) atoms. The van der Waals surface area contributed by atoms with Crippen molar-refractivity contribution in [3.63, 3.8) is 0 Å². The van der Waals surface area contributed by atoms with Crippen molar-refractivity contribution < 1.29 is 0 Å². The topological polar surface area (TPSA) is 41.3 Å². The van der Waals surface area contributed by atoms with Gasteiger partial charge in [-0.05, 0) is 43.0 Å². The predicted molar refractivity (Wildman–Crippen MR) is 116 cm³/mol. The Labute approximate surface area is 167 Å². The van der Waals surface area contributed by atoms with Gasteiger partial charge in [-0.1, -0.05) is 74.2 Å². The summed E-state index contributed by atoms with van der Waals surface area (Å²) in [6.45, 7) is 3.23. The molecular formula is C23H31N3S. The van der Waals surface area contributed by atoms with Crippen molar-refractivity contribution in [2.75, 3.05) is 4.90 Å². The van der Waals surface area contributed by atoms with Crippen LogP contribution in [0.25, 0.3) is 0 Å². The first-order valence-corrected chi connectivity index (χ1v) is 11.2. The molecule has 1 aliphatic heterocycles. The minimum atomic E-state index is -0.0665. The lowest BCUT2D eigenvalue weighted by Gasteiger charge is -2.28. The van der Waals surface area contributed by atoms with Gasteiger partial charge in [-0.3, -0.25) is 0 Å². The molecule has 3 nitrogen and oxygen atoms in total. The number of anilines is 2. The van der Waals surface area contributed by atoms with Gasteiger partial charge in [-0.2, -0.15) is 0 Å². The summed E-state index contributed by atoms with van der Waals surface area (Å²) in [5, 5.41) is 3.77. The zero-order valence-corrected chi connectivity index (χ0v) is 17.0. The highest BCUT2D eigenvalue weighted by atomic mass is 32.2. The molecule has 1 fully saturated rings. The predicted octanol–water partition coefficient (Wildman–Crippen LogP) is 5.62. The van der Waals surface area contributed by atoms with Crippen LogP contribution in [-0.2, 0) is 6.54 Å². The van der Waals surface area contributed by atoms with Crippen LogP contribution in [-0.4, -0.2) is 11.5 Å². The summed E-state index contributed by atoms with van der Waals surface area (Å²) in [6.07, 6.45) is 8.40. The maximum atomic E-state index is 6.48. The SMILES string of the molecule is CC(CC1CCCCC1)NCc1ccccc1N1c2ccccc2SC1N. The molecule has 2 atom stereocenters. The van der Waals surface area contributed by atoms with E-state index in [9.17, 15) is 0 Å². The monoisotopic (exact) mass is 381 g/mol. The van der Waals surface area contributed by atoms with E-state index in [1.807, 2.05) is 0 Å². The first-order valence-electron chi connectivity index (χ1n) is 10.3. The number of rotatable bonds is 6. The van der Waals surface area contributed by atoms with Gasteiger partial charge in [0.2, 0.25) is 0 Å². The van der Waals surface area contributed by atoms with Gasteiger partial charge in [0, 0.05) is 23.2 Å². The molecule has 2 aromatic carbocycles. The molecule has 3 N–H and O–H groups in total. The van der Waals surface area contributed by atoms with E-state index in [1.54, 1.807) is 11.8 Å². The van der Waals surface area contributed by atoms with Gasteiger partial charge >= 0.3 is 0 Å². The zero-order chi connectivity index (χ0) is 18.6. The number of nitrogens with one attached hydrogen (secondary N) is 1. The number of hydrogen-bond donors (Lipinski definition) is 2. The normalized spacial score (nSPS) is 21.3. The van der Waals surface area contributed by atoms with Crippen molar-refractivity contribution >= 4 is 23.1 Å². The van der Waals surface area contributed by atoms with E-state index in [0.717, 1.165) is 12.5 Å². The molecule has 1 saturated carbocycles. The van der Waals surface area contributed by atoms with Gasteiger partial charge in [-0.15, -0.1) is 0 Å². The molecule has 0 spiro atoms. The van der Waals surface area contributed by atoms with E-state index in [-0.39, 0.29) is 5.50 Å². The number of benzene rings is 2. The van der Waals surface area contributed by atoms with Crippen molar-refractivity contribution in [1.82, 2.24) is 5.32 Å². The molecule has 0 radical (unpaired) electrons. The van der Waals surface area contributed by atoms with Crippen LogP contribution in [0.1, 0.15) is 51.0 Å². The number of nitrogens with two attached hydrogens (primary N) is 1. The van der Waals surface area contributed by atoms with E-state index < -0.39 is 0 Å². The summed E-state index contributed by atoms with van der Waals surface area (Å²) in [5.41, 5.74) is 10.2. The Morgan fingerprint density at radius 2 is 1.74 bits per heavy atom. The van der Waals surface area contributed by atoms with E-state index >= 15 is 0 Å². The average Bonchev–Trinajstić information content (AvgIpc) is 3.03. The van der Waals surface area contributed by atoms with E-state index in [0.29, 0.717) is 6.04 Å². The summed E-state index contributed by atoms with van der Waals surface area (Å²) in [5.74, 6) is 0.909. The first kappa shape index (κ1) is 18.9. The smallest absolute Gasteiger partial charge is 0.134 e. The second kappa shape index (κ2) is 8.68. The van der Waals surface area contributed by atoms with Crippen LogP contribution in [0, 0.1) is 5.92 Å². The lowest BCUT2D eigenvalue weighted by atomic mass is 9.85. The third-order valence-corrected chi connectivity index (χ3v) is 6.98. The second-order valence-corrected chi connectivity index (χ2v) is 9.16. The number of fused-ring (bicyclic) bond motifs is 1. The fourth-order valence-electron chi connectivity index (χ4n) is 4.53. The summed E-state index contributed by atoms with van der Waals surface area (Å²) >= 11 is 1.73. The van der Waals surface area contributed by atoms with Gasteiger partial charge < -0.3 is 16.0 Å². The molecule has 1 heterocycles. The fourth-order valence-corrected chi connectivity index (χ4v) is 5.57. The Morgan fingerprint density at radius 3 is 2.56 bits per heavy atom. The summed E-state index contributed by atoms with van der Waals surface area (Å²) in [6, 6.07) is 17.7. The molecule has 144 valence electrons. The van der Waals surface area contributed by atoms with E-state index in [2.05, 4.69) is 65.7 Å². The third-order valence-electron chi connectivity index (χ3n) is 5.93. The fraction of sp³-hybridized carbons (Fsp3) is 0.478. The first-order chi connectivity index (χ1) is 13.2. The van der Waals surface area contributed by atoms with Crippen LogP contribution in [0.3, 0.4) is 0 Å². The molecule has 0 bridgehead atoms. The van der Waals surface area contributed by atoms with Crippen LogP contribution in [0.5, 0.6) is 0 Å². The number of nitrogens with zero attached hydrogens (tertiary/aromatic N) is 1. The minimum absolute atomic E-state index is 0.0665. The van der Waals surface area contributed by atoms with Crippen LogP contribution < -0.4 is 16.0 Å². The third kappa shape index (κ3) is 4.34. The average molecular weight is 382 g/mol. The molecule has 1 aliphatic carbocycles. The van der Waals surface area contributed by atoms with Crippen LogP contribution in [0.2, 0.25) is 0 Å². The quantitative estimate of drug-likeness (QED) is 0.681. The summed E-state index contributed by atoms with van der Waals surface area (Å²) < 4.78 is 0. The van der Waals surface area contributed by atoms with Crippen molar-refractivity contribution in [3.05, 3.63) is 54.1 Å².